The number of amides is 2. The summed E-state index contributed by atoms with van der Waals surface area (Å²) in [7, 11) is 0. The van der Waals surface area contributed by atoms with Crippen molar-refractivity contribution in [2.24, 2.45) is 0 Å². The molecule has 0 spiro atoms. The van der Waals surface area contributed by atoms with Gasteiger partial charge in [-0.1, -0.05) is 10.3 Å². The maximum atomic E-state index is 12.6. The van der Waals surface area contributed by atoms with Crippen molar-refractivity contribution in [1.82, 2.24) is 25.5 Å². The molecule has 1 N–H and O–H groups in total. The van der Waals surface area contributed by atoms with E-state index in [0.717, 1.165) is 11.3 Å². The minimum Gasteiger partial charge on any atom is -0.377 e. The lowest BCUT2D eigenvalue weighted by atomic mass is 10.2. The number of halogens is 3. The number of nitrogens with one attached hydrogen (secondary N) is 1. The molecule has 3 aromatic rings. The van der Waals surface area contributed by atoms with Crippen LogP contribution >= 0.6 is 11.3 Å². The van der Waals surface area contributed by atoms with E-state index in [-0.39, 0.29) is 40.4 Å². The molecule has 1 aliphatic heterocycles. The maximum Gasteiger partial charge on any atom is 0.471 e. The average Bonchev–Trinajstić information content (AvgIpc) is 3.51. The first-order valence-corrected chi connectivity index (χ1v) is 9.73. The van der Waals surface area contributed by atoms with Crippen molar-refractivity contribution >= 4 is 23.2 Å². The predicted molar refractivity (Wildman–Crippen MR) is 97.1 cm³/mol. The SMILES string of the molecule is O=C(NCC1COCCN1C(=O)c1ccno1)c1ccc(-c2noc(C(F)(F)F)n2)s1. The van der Waals surface area contributed by atoms with Gasteiger partial charge >= 0.3 is 12.1 Å². The molecule has 1 saturated heterocycles. The molecular formula is C17H14F3N5O5S. The number of thiophene rings is 1. The Labute approximate surface area is 175 Å². The zero-order valence-electron chi connectivity index (χ0n) is 15.6. The molecule has 4 rings (SSSR count). The van der Waals surface area contributed by atoms with E-state index >= 15 is 0 Å². The Hall–Kier alpha value is -3.26. The zero-order chi connectivity index (χ0) is 22.0. The molecule has 14 heteroatoms. The van der Waals surface area contributed by atoms with Gasteiger partial charge in [-0.05, 0) is 12.1 Å². The van der Waals surface area contributed by atoms with Crippen LogP contribution in [0.25, 0.3) is 10.7 Å². The third-order valence-electron chi connectivity index (χ3n) is 4.35. The molecule has 4 heterocycles. The summed E-state index contributed by atoms with van der Waals surface area (Å²) >= 11 is 0.910. The Morgan fingerprint density at radius 2 is 2.10 bits per heavy atom. The number of aromatic nitrogens is 3. The van der Waals surface area contributed by atoms with Crippen molar-refractivity contribution in [1.29, 1.82) is 0 Å². The molecule has 1 atom stereocenters. The van der Waals surface area contributed by atoms with E-state index in [0.29, 0.717) is 13.2 Å². The number of rotatable bonds is 5. The number of hydrogen-bond donors (Lipinski definition) is 1. The standard InChI is InChI=1S/C17H14F3N5O5S/c18-17(19,20)16-23-13(24-30-16)11-1-2-12(31-11)14(26)21-7-9-8-28-6-5-25(9)15(27)10-3-4-22-29-10/h1-4,9H,5-8H2,(H,21,26). The van der Waals surface area contributed by atoms with Crippen LogP contribution in [0.1, 0.15) is 26.1 Å². The zero-order valence-corrected chi connectivity index (χ0v) is 16.4. The third kappa shape index (κ3) is 4.59. The second-order valence-corrected chi connectivity index (χ2v) is 7.48. The highest BCUT2D eigenvalue weighted by atomic mass is 32.1. The molecular weight excluding hydrogens is 443 g/mol. The lowest BCUT2D eigenvalue weighted by Crippen LogP contribution is -2.53. The molecule has 1 unspecified atom stereocenters. The van der Waals surface area contributed by atoms with Gasteiger partial charge in [-0.2, -0.15) is 18.2 Å². The Morgan fingerprint density at radius 1 is 1.26 bits per heavy atom. The fourth-order valence-electron chi connectivity index (χ4n) is 2.88. The average molecular weight is 457 g/mol. The summed E-state index contributed by atoms with van der Waals surface area (Å²) in [6.45, 7) is 0.997. The Morgan fingerprint density at radius 3 is 2.81 bits per heavy atom. The van der Waals surface area contributed by atoms with Gasteiger partial charge in [0.25, 0.3) is 11.8 Å². The third-order valence-corrected chi connectivity index (χ3v) is 5.43. The van der Waals surface area contributed by atoms with E-state index in [4.69, 9.17) is 9.26 Å². The van der Waals surface area contributed by atoms with Crippen molar-refractivity contribution in [2.75, 3.05) is 26.3 Å². The van der Waals surface area contributed by atoms with Gasteiger partial charge in [0, 0.05) is 19.2 Å². The molecule has 0 aliphatic carbocycles. The van der Waals surface area contributed by atoms with Crippen LogP contribution in [0.3, 0.4) is 0 Å². The number of hydrogen-bond acceptors (Lipinski definition) is 9. The number of ether oxygens (including phenoxy) is 1. The van der Waals surface area contributed by atoms with Crippen LogP contribution in [0, 0.1) is 0 Å². The summed E-state index contributed by atoms with van der Waals surface area (Å²) < 4.78 is 52.3. The number of carbonyl (C=O) groups excluding carboxylic acids is 2. The fraction of sp³-hybridized carbons (Fsp3) is 0.353. The molecule has 0 radical (unpaired) electrons. The second-order valence-electron chi connectivity index (χ2n) is 6.40. The topological polar surface area (TPSA) is 124 Å². The number of carbonyl (C=O) groups is 2. The van der Waals surface area contributed by atoms with Crippen LogP contribution in [0.5, 0.6) is 0 Å². The Balaban J connectivity index is 1.39. The van der Waals surface area contributed by atoms with Gasteiger partial charge in [-0.15, -0.1) is 11.3 Å². The summed E-state index contributed by atoms with van der Waals surface area (Å²) in [6, 6.07) is 3.88. The quantitative estimate of drug-likeness (QED) is 0.618. The number of morpholine rings is 1. The minimum atomic E-state index is -4.75. The monoisotopic (exact) mass is 457 g/mol. The van der Waals surface area contributed by atoms with Gasteiger partial charge in [0.15, 0.2) is 0 Å². The van der Waals surface area contributed by atoms with Crippen molar-refractivity contribution in [3.05, 3.63) is 40.9 Å². The minimum absolute atomic E-state index is 0.0828. The van der Waals surface area contributed by atoms with Crippen LogP contribution in [0.2, 0.25) is 0 Å². The molecule has 164 valence electrons. The highest BCUT2D eigenvalue weighted by molar-refractivity contribution is 7.17. The van der Waals surface area contributed by atoms with Crippen molar-refractivity contribution in [3.63, 3.8) is 0 Å². The van der Waals surface area contributed by atoms with E-state index < -0.39 is 24.0 Å². The first-order chi connectivity index (χ1) is 14.8. The Kier molecular flexibility index (Phi) is 5.73. The largest absolute Gasteiger partial charge is 0.471 e. The second kappa shape index (κ2) is 8.47. The van der Waals surface area contributed by atoms with E-state index in [2.05, 4.69) is 25.1 Å². The first-order valence-electron chi connectivity index (χ1n) is 8.91. The van der Waals surface area contributed by atoms with Gasteiger partial charge in [-0.3, -0.25) is 9.59 Å². The van der Waals surface area contributed by atoms with E-state index in [1.807, 2.05) is 0 Å². The molecule has 2 amide bonds. The fourth-order valence-corrected chi connectivity index (χ4v) is 3.72. The van der Waals surface area contributed by atoms with Gasteiger partial charge in [-0.25, -0.2) is 0 Å². The molecule has 1 aliphatic rings. The summed E-state index contributed by atoms with van der Waals surface area (Å²) in [4.78, 5) is 30.3. The van der Waals surface area contributed by atoms with Crippen LogP contribution in [-0.2, 0) is 10.9 Å². The van der Waals surface area contributed by atoms with Crippen LogP contribution in [-0.4, -0.2) is 64.4 Å². The van der Waals surface area contributed by atoms with Gasteiger partial charge in [0.05, 0.1) is 35.2 Å². The van der Waals surface area contributed by atoms with Crippen LogP contribution in [0.15, 0.2) is 33.4 Å². The molecule has 0 aromatic carbocycles. The summed E-state index contributed by atoms with van der Waals surface area (Å²) in [5.74, 6) is -2.47. The van der Waals surface area contributed by atoms with E-state index in [1.165, 1.54) is 29.3 Å². The predicted octanol–water partition coefficient (Wildman–Crippen LogP) is 2.08. The summed E-state index contributed by atoms with van der Waals surface area (Å²) in [5, 5.41) is 9.51. The number of alkyl halides is 3. The first kappa shape index (κ1) is 21.0. The van der Waals surface area contributed by atoms with Gasteiger partial charge < -0.3 is 24.0 Å². The smallest absolute Gasteiger partial charge is 0.377 e. The molecule has 3 aromatic heterocycles. The normalized spacial score (nSPS) is 17.0. The molecule has 1 fully saturated rings. The van der Waals surface area contributed by atoms with Gasteiger partial charge in [0.1, 0.15) is 0 Å². The molecule has 0 saturated carbocycles. The highest BCUT2D eigenvalue weighted by Gasteiger charge is 2.38. The summed E-state index contributed by atoms with van der Waals surface area (Å²) in [6.07, 6.45) is -3.39. The summed E-state index contributed by atoms with van der Waals surface area (Å²) in [5.41, 5.74) is 0. The van der Waals surface area contributed by atoms with Crippen LogP contribution in [0.4, 0.5) is 13.2 Å². The highest BCUT2D eigenvalue weighted by Crippen LogP contribution is 2.31. The number of nitrogens with zero attached hydrogens (tertiary/aromatic N) is 4. The molecule has 31 heavy (non-hydrogen) atoms. The van der Waals surface area contributed by atoms with Crippen molar-refractivity contribution < 1.29 is 36.5 Å². The van der Waals surface area contributed by atoms with Crippen molar-refractivity contribution in [2.45, 2.75) is 12.2 Å². The lowest BCUT2D eigenvalue weighted by Gasteiger charge is -2.34. The Bertz CT molecular complexity index is 1060. The van der Waals surface area contributed by atoms with E-state index in [9.17, 15) is 22.8 Å². The van der Waals surface area contributed by atoms with E-state index in [1.54, 1.807) is 0 Å². The maximum absolute atomic E-state index is 12.6. The molecule has 0 bridgehead atoms. The van der Waals surface area contributed by atoms with Crippen molar-refractivity contribution in [3.8, 4) is 10.7 Å². The van der Waals surface area contributed by atoms with Crippen LogP contribution < -0.4 is 5.32 Å². The lowest BCUT2D eigenvalue weighted by molar-refractivity contribution is -0.159. The van der Waals surface area contributed by atoms with Gasteiger partial charge in [0.2, 0.25) is 11.6 Å². The molecule has 10 nitrogen and oxygen atoms in total.